The lowest BCUT2D eigenvalue weighted by molar-refractivity contribution is 0.413. The summed E-state index contributed by atoms with van der Waals surface area (Å²) in [6.45, 7) is 3.14. The first-order valence-electron chi connectivity index (χ1n) is 6.10. The van der Waals surface area contributed by atoms with Crippen molar-refractivity contribution in [2.45, 2.75) is 19.4 Å². The van der Waals surface area contributed by atoms with Gasteiger partial charge in [0.05, 0.1) is 24.4 Å². The summed E-state index contributed by atoms with van der Waals surface area (Å²) in [6.07, 6.45) is 1.10. The highest BCUT2D eigenvalue weighted by Crippen LogP contribution is 2.25. The van der Waals surface area contributed by atoms with E-state index in [0.717, 1.165) is 24.4 Å². The lowest BCUT2D eigenvalue weighted by Crippen LogP contribution is -2.23. The Morgan fingerprint density at radius 1 is 1.44 bits per heavy atom. The van der Waals surface area contributed by atoms with Gasteiger partial charge in [-0.3, -0.25) is 0 Å². The first-order chi connectivity index (χ1) is 8.85. The van der Waals surface area contributed by atoms with Gasteiger partial charge in [0.15, 0.2) is 0 Å². The molecule has 96 valence electrons. The fraction of sp³-hybridized carbons (Fsp3) is 0.357. The zero-order valence-electron chi connectivity index (χ0n) is 10.7. The maximum absolute atomic E-state index is 5.28. The van der Waals surface area contributed by atoms with Crippen LogP contribution in [0.3, 0.4) is 0 Å². The fourth-order valence-corrected chi connectivity index (χ4v) is 2.45. The van der Waals surface area contributed by atoms with Crippen LogP contribution in [-0.2, 0) is 0 Å². The molecule has 0 aliphatic carbocycles. The fourth-order valence-electron chi connectivity index (χ4n) is 1.87. The number of hydrogen-bond acceptors (Lipinski definition) is 4. The van der Waals surface area contributed by atoms with Gasteiger partial charge < -0.3 is 10.1 Å². The number of nitrogens with zero attached hydrogens (tertiary/aromatic N) is 1. The van der Waals surface area contributed by atoms with Crippen LogP contribution in [0.15, 0.2) is 35.2 Å². The number of ether oxygens (including phenoxy) is 1. The molecule has 18 heavy (non-hydrogen) atoms. The molecule has 1 aromatic carbocycles. The van der Waals surface area contributed by atoms with E-state index in [0.29, 0.717) is 0 Å². The molecule has 2 aromatic rings. The van der Waals surface area contributed by atoms with Crippen molar-refractivity contribution >= 4 is 11.3 Å². The molecule has 3 nitrogen and oxygen atoms in total. The SMILES string of the molecule is CCCNC(c1cccc(OC)c1)c1cscn1. The molecule has 0 aliphatic heterocycles. The minimum Gasteiger partial charge on any atom is -0.497 e. The number of aromatic nitrogens is 1. The number of nitrogens with one attached hydrogen (secondary N) is 1. The van der Waals surface area contributed by atoms with Crippen molar-refractivity contribution in [3.63, 3.8) is 0 Å². The van der Waals surface area contributed by atoms with E-state index in [1.165, 1.54) is 5.56 Å². The molecule has 0 saturated carbocycles. The van der Waals surface area contributed by atoms with Crippen molar-refractivity contribution in [3.8, 4) is 5.75 Å². The van der Waals surface area contributed by atoms with E-state index in [9.17, 15) is 0 Å². The molecule has 0 spiro atoms. The molecule has 1 N–H and O–H groups in total. The van der Waals surface area contributed by atoms with Crippen LogP contribution in [0.4, 0.5) is 0 Å². The molecule has 2 rings (SSSR count). The van der Waals surface area contributed by atoms with Crippen LogP contribution < -0.4 is 10.1 Å². The number of methoxy groups -OCH3 is 1. The second-order valence-electron chi connectivity index (χ2n) is 4.08. The Bertz CT molecular complexity index is 470. The zero-order valence-corrected chi connectivity index (χ0v) is 11.5. The standard InChI is InChI=1S/C14H18N2OS/c1-3-7-15-14(13-9-18-10-16-13)11-5-4-6-12(8-11)17-2/h4-6,8-10,14-15H,3,7H2,1-2H3. The Morgan fingerprint density at radius 3 is 3.00 bits per heavy atom. The van der Waals surface area contributed by atoms with Crippen LogP contribution in [0.1, 0.15) is 30.6 Å². The van der Waals surface area contributed by atoms with E-state index in [-0.39, 0.29) is 6.04 Å². The van der Waals surface area contributed by atoms with Crippen LogP contribution in [0.5, 0.6) is 5.75 Å². The number of benzene rings is 1. The first-order valence-corrected chi connectivity index (χ1v) is 7.05. The summed E-state index contributed by atoms with van der Waals surface area (Å²) in [6, 6.07) is 8.29. The van der Waals surface area contributed by atoms with E-state index in [1.807, 2.05) is 17.6 Å². The monoisotopic (exact) mass is 262 g/mol. The van der Waals surface area contributed by atoms with E-state index >= 15 is 0 Å². The van der Waals surface area contributed by atoms with Gasteiger partial charge in [0, 0.05) is 5.38 Å². The third-order valence-electron chi connectivity index (χ3n) is 2.77. The highest BCUT2D eigenvalue weighted by atomic mass is 32.1. The molecule has 1 atom stereocenters. The molecule has 4 heteroatoms. The van der Waals surface area contributed by atoms with Crippen molar-refractivity contribution in [3.05, 3.63) is 46.4 Å². The molecular weight excluding hydrogens is 244 g/mol. The summed E-state index contributed by atoms with van der Waals surface area (Å²) < 4.78 is 5.28. The van der Waals surface area contributed by atoms with E-state index in [2.05, 4.69) is 34.7 Å². The van der Waals surface area contributed by atoms with E-state index < -0.39 is 0 Å². The molecule has 1 aromatic heterocycles. The summed E-state index contributed by atoms with van der Waals surface area (Å²) in [5.41, 5.74) is 4.13. The Hall–Kier alpha value is -1.39. The molecule has 0 radical (unpaired) electrons. The summed E-state index contributed by atoms with van der Waals surface area (Å²) in [5, 5.41) is 5.62. The Kier molecular flexibility index (Phi) is 4.73. The zero-order chi connectivity index (χ0) is 12.8. The lowest BCUT2D eigenvalue weighted by atomic mass is 10.0. The van der Waals surface area contributed by atoms with Crippen molar-refractivity contribution in [1.82, 2.24) is 10.3 Å². The van der Waals surface area contributed by atoms with Crippen molar-refractivity contribution < 1.29 is 4.74 Å². The Morgan fingerprint density at radius 2 is 2.33 bits per heavy atom. The number of thiazole rings is 1. The second-order valence-corrected chi connectivity index (χ2v) is 4.80. The molecule has 1 unspecified atom stereocenters. The molecule has 0 amide bonds. The van der Waals surface area contributed by atoms with Gasteiger partial charge in [0.1, 0.15) is 5.75 Å². The number of hydrogen-bond donors (Lipinski definition) is 1. The van der Waals surface area contributed by atoms with Gasteiger partial charge in [0.2, 0.25) is 0 Å². The minimum absolute atomic E-state index is 0.145. The molecule has 0 fully saturated rings. The smallest absolute Gasteiger partial charge is 0.119 e. The van der Waals surface area contributed by atoms with Gasteiger partial charge in [-0.15, -0.1) is 11.3 Å². The molecular formula is C14H18N2OS. The van der Waals surface area contributed by atoms with Gasteiger partial charge in [-0.25, -0.2) is 4.98 Å². The first kappa shape index (κ1) is 13.1. The van der Waals surface area contributed by atoms with Gasteiger partial charge in [0.25, 0.3) is 0 Å². The molecule has 0 bridgehead atoms. The predicted octanol–water partition coefficient (Wildman–Crippen LogP) is 3.24. The van der Waals surface area contributed by atoms with Crippen LogP contribution >= 0.6 is 11.3 Å². The van der Waals surface area contributed by atoms with E-state index in [4.69, 9.17) is 4.74 Å². The van der Waals surface area contributed by atoms with Crippen LogP contribution in [0.25, 0.3) is 0 Å². The van der Waals surface area contributed by atoms with Crippen LogP contribution in [0.2, 0.25) is 0 Å². The van der Waals surface area contributed by atoms with Gasteiger partial charge >= 0.3 is 0 Å². The summed E-state index contributed by atoms with van der Waals surface area (Å²) >= 11 is 1.62. The summed E-state index contributed by atoms with van der Waals surface area (Å²) in [7, 11) is 1.69. The third kappa shape index (κ3) is 3.09. The quantitative estimate of drug-likeness (QED) is 0.867. The molecule has 1 heterocycles. The Balaban J connectivity index is 2.27. The number of rotatable bonds is 6. The highest BCUT2D eigenvalue weighted by molar-refractivity contribution is 7.07. The molecule has 0 aliphatic rings. The van der Waals surface area contributed by atoms with Crippen LogP contribution in [0, 0.1) is 0 Å². The normalized spacial score (nSPS) is 12.3. The predicted molar refractivity (Wildman–Crippen MR) is 75.2 cm³/mol. The van der Waals surface area contributed by atoms with E-state index in [1.54, 1.807) is 18.4 Å². The summed E-state index contributed by atoms with van der Waals surface area (Å²) in [4.78, 5) is 4.42. The van der Waals surface area contributed by atoms with Crippen LogP contribution in [-0.4, -0.2) is 18.6 Å². The third-order valence-corrected chi connectivity index (χ3v) is 3.38. The largest absolute Gasteiger partial charge is 0.497 e. The average Bonchev–Trinajstić information content (AvgIpc) is 2.93. The Labute approximate surface area is 112 Å². The maximum atomic E-state index is 5.28. The topological polar surface area (TPSA) is 34.1 Å². The van der Waals surface area contributed by atoms with Crippen molar-refractivity contribution in [2.24, 2.45) is 0 Å². The van der Waals surface area contributed by atoms with Gasteiger partial charge in [-0.1, -0.05) is 19.1 Å². The van der Waals surface area contributed by atoms with Crippen molar-refractivity contribution in [2.75, 3.05) is 13.7 Å². The van der Waals surface area contributed by atoms with Gasteiger partial charge in [-0.2, -0.15) is 0 Å². The maximum Gasteiger partial charge on any atom is 0.119 e. The minimum atomic E-state index is 0.145. The highest BCUT2D eigenvalue weighted by Gasteiger charge is 2.15. The van der Waals surface area contributed by atoms with Gasteiger partial charge in [-0.05, 0) is 30.7 Å². The average molecular weight is 262 g/mol. The molecule has 0 saturated heterocycles. The summed E-state index contributed by atoms with van der Waals surface area (Å²) in [5.74, 6) is 0.881. The second kappa shape index (κ2) is 6.52. The van der Waals surface area contributed by atoms with Crippen molar-refractivity contribution in [1.29, 1.82) is 0 Å². The lowest BCUT2D eigenvalue weighted by Gasteiger charge is -2.17.